The number of piperidine rings is 1. The quantitative estimate of drug-likeness (QED) is 0.535. The van der Waals surface area contributed by atoms with E-state index in [4.69, 9.17) is 34.6 Å². The molecule has 3 aliphatic rings. The third-order valence-electron chi connectivity index (χ3n) is 6.60. The lowest BCUT2D eigenvalue weighted by atomic mass is 9.87. The van der Waals surface area contributed by atoms with Crippen molar-refractivity contribution in [2.75, 3.05) is 44.3 Å². The monoisotopic (exact) mass is 569 g/mol. The van der Waals surface area contributed by atoms with Gasteiger partial charge in [-0.2, -0.15) is 31.4 Å². The fourth-order valence-electron chi connectivity index (χ4n) is 4.37. The molecule has 5 rings (SSSR count). The van der Waals surface area contributed by atoms with Crippen LogP contribution >= 0.6 is 0 Å². The first-order valence-electron chi connectivity index (χ1n) is 12.3. The van der Waals surface area contributed by atoms with Crippen molar-refractivity contribution < 1.29 is 50.9 Å². The van der Waals surface area contributed by atoms with Crippen molar-refractivity contribution in [2.45, 2.75) is 56.4 Å². The van der Waals surface area contributed by atoms with Crippen LogP contribution in [0.2, 0.25) is 0 Å². The van der Waals surface area contributed by atoms with Crippen LogP contribution in [-0.4, -0.2) is 99.4 Å². The summed E-state index contributed by atoms with van der Waals surface area (Å²) in [7, 11) is 0. The predicted octanol–water partition coefficient (Wildman–Crippen LogP) is 3.56. The zero-order valence-electron chi connectivity index (χ0n) is 20.8. The van der Waals surface area contributed by atoms with Gasteiger partial charge in [0.2, 0.25) is 0 Å². The molecule has 1 unspecified atom stereocenters. The summed E-state index contributed by atoms with van der Waals surface area (Å²) < 4.78 is 70.9. The first kappa shape index (κ1) is 30.4. The van der Waals surface area contributed by atoms with Gasteiger partial charge in [0, 0.05) is 31.6 Å². The topological polar surface area (TPSA) is 120 Å². The van der Waals surface area contributed by atoms with Crippen LogP contribution in [-0.2, 0) is 14.3 Å². The number of anilines is 1. The number of carboxylic acid groups (broad SMARTS) is 2. The molecule has 2 aliphatic heterocycles. The Morgan fingerprint density at radius 3 is 2.00 bits per heavy atom. The summed E-state index contributed by atoms with van der Waals surface area (Å²) in [5.74, 6) is -4.00. The maximum Gasteiger partial charge on any atom is 0.490 e. The minimum atomic E-state index is -5.08. The number of hydrogen-bond acceptors (Lipinski definition) is 7. The van der Waals surface area contributed by atoms with E-state index >= 15 is 0 Å². The number of carbonyl (C=O) groups is 2. The molecule has 0 aromatic carbocycles. The summed E-state index contributed by atoms with van der Waals surface area (Å²) in [5.41, 5.74) is 2.18. The summed E-state index contributed by atoms with van der Waals surface area (Å²) in [5, 5.41) is 19.1. The maximum absolute atomic E-state index is 10.6. The Bertz CT molecular complexity index is 1090. The minimum Gasteiger partial charge on any atom is -0.475 e. The molecule has 0 amide bonds. The van der Waals surface area contributed by atoms with Crippen LogP contribution in [0, 0.1) is 0 Å². The molecule has 2 aromatic heterocycles. The molecule has 218 valence electrons. The third-order valence-corrected chi connectivity index (χ3v) is 6.60. The second kappa shape index (κ2) is 12.8. The average Bonchev–Trinajstić information content (AvgIpc) is 3.27. The van der Waals surface area contributed by atoms with Crippen LogP contribution in [0.5, 0.6) is 0 Å². The molecule has 10 nitrogen and oxygen atoms in total. The lowest BCUT2D eigenvalue weighted by Crippen LogP contribution is -2.45. The predicted molar refractivity (Wildman–Crippen MR) is 125 cm³/mol. The van der Waals surface area contributed by atoms with E-state index in [2.05, 4.69) is 28.1 Å². The number of hydrogen-bond donors (Lipinski definition) is 2. The van der Waals surface area contributed by atoms with E-state index in [1.165, 1.54) is 44.3 Å². The number of likely N-dealkylation sites (tertiary alicyclic amines) is 1. The SMILES string of the molecule is O=C(O)C(F)(F)F.O=C(O)C(F)(F)F.c1cc2nc(C3CCCN(C4CCC4)C3)nn2cc1N1CCOCC1. The lowest BCUT2D eigenvalue weighted by Gasteiger charge is -2.41. The second-order valence-electron chi connectivity index (χ2n) is 9.28. The summed E-state index contributed by atoms with van der Waals surface area (Å²) in [6.45, 7) is 5.91. The molecule has 1 aliphatic carbocycles. The van der Waals surface area contributed by atoms with Crippen molar-refractivity contribution in [3.05, 3.63) is 24.2 Å². The molecule has 2 aromatic rings. The van der Waals surface area contributed by atoms with Crippen molar-refractivity contribution in [3.63, 3.8) is 0 Å². The van der Waals surface area contributed by atoms with Crippen LogP contribution in [0.1, 0.15) is 43.8 Å². The van der Waals surface area contributed by atoms with Crippen LogP contribution in [0.25, 0.3) is 5.65 Å². The van der Waals surface area contributed by atoms with E-state index in [-0.39, 0.29) is 0 Å². The molecule has 1 atom stereocenters. The normalized spacial score (nSPS) is 20.8. The fraction of sp³-hybridized carbons (Fsp3) is 0.652. The number of ether oxygens (including phenoxy) is 1. The van der Waals surface area contributed by atoms with E-state index in [1.54, 1.807) is 0 Å². The van der Waals surface area contributed by atoms with Crippen molar-refractivity contribution in [2.24, 2.45) is 0 Å². The zero-order chi connectivity index (χ0) is 28.8. The van der Waals surface area contributed by atoms with Crippen molar-refractivity contribution in [1.29, 1.82) is 0 Å². The van der Waals surface area contributed by atoms with Crippen molar-refractivity contribution >= 4 is 23.3 Å². The van der Waals surface area contributed by atoms with Gasteiger partial charge in [-0.15, -0.1) is 0 Å². The highest BCUT2D eigenvalue weighted by Gasteiger charge is 2.39. The summed E-state index contributed by atoms with van der Waals surface area (Å²) in [6, 6.07) is 5.10. The van der Waals surface area contributed by atoms with Crippen LogP contribution in [0.3, 0.4) is 0 Å². The van der Waals surface area contributed by atoms with Gasteiger partial charge in [-0.3, -0.25) is 4.90 Å². The number of carboxylic acids is 2. The molecule has 2 saturated heterocycles. The van der Waals surface area contributed by atoms with Gasteiger partial charge in [-0.1, -0.05) is 6.42 Å². The van der Waals surface area contributed by atoms with Gasteiger partial charge in [0.25, 0.3) is 0 Å². The van der Waals surface area contributed by atoms with Crippen LogP contribution in [0.4, 0.5) is 32.0 Å². The zero-order valence-corrected chi connectivity index (χ0v) is 20.8. The Kier molecular flexibility index (Phi) is 9.98. The Hall–Kier alpha value is -3.14. The molecular formula is C23H29F6N5O5. The molecule has 39 heavy (non-hydrogen) atoms. The highest BCUT2D eigenvalue weighted by molar-refractivity contribution is 5.73. The van der Waals surface area contributed by atoms with E-state index in [0.717, 1.165) is 50.4 Å². The molecule has 1 saturated carbocycles. The van der Waals surface area contributed by atoms with Gasteiger partial charge < -0.3 is 19.8 Å². The third kappa shape index (κ3) is 8.68. The lowest BCUT2D eigenvalue weighted by molar-refractivity contribution is -0.193. The molecule has 2 N–H and O–H groups in total. The Morgan fingerprint density at radius 1 is 0.897 bits per heavy atom. The molecule has 0 bridgehead atoms. The summed E-state index contributed by atoms with van der Waals surface area (Å²) in [4.78, 5) is 27.7. The van der Waals surface area contributed by atoms with E-state index < -0.39 is 24.3 Å². The average molecular weight is 570 g/mol. The first-order chi connectivity index (χ1) is 18.3. The number of rotatable bonds is 3. The Balaban J connectivity index is 0.000000251. The van der Waals surface area contributed by atoms with Gasteiger partial charge in [0.15, 0.2) is 11.5 Å². The fourth-order valence-corrected chi connectivity index (χ4v) is 4.37. The number of aliphatic carboxylic acids is 2. The Morgan fingerprint density at radius 2 is 1.49 bits per heavy atom. The number of pyridine rings is 1. The standard InChI is InChI=1S/C19H27N5O.2C2HF3O2/c1-4-16(5-1)23-8-2-3-15(13-23)19-20-18-7-6-17(14-24(18)21-19)22-9-11-25-12-10-22;2*3-2(4,5)1(6)7/h6-7,14-16H,1-5,8-13H2;2*(H,6,7). The second-order valence-corrected chi connectivity index (χ2v) is 9.28. The number of morpholine rings is 1. The largest absolute Gasteiger partial charge is 0.490 e. The molecule has 3 fully saturated rings. The van der Waals surface area contributed by atoms with E-state index in [1.807, 2.05) is 4.52 Å². The van der Waals surface area contributed by atoms with Gasteiger partial charge in [0.05, 0.1) is 25.1 Å². The molecule has 0 radical (unpaired) electrons. The van der Waals surface area contributed by atoms with Gasteiger partial charge in [-0.05, 0) is 44.4 Å². The smallest absolute Gasteiger partial charge is 0.475 e. The summed E-state index contributed by atoms with van der Waals surface area (Å²) >= 11 is 0. The van der Waals surface area contributed by atoms with E-state index in [9.17, 15) is 26.3 Å². The van der Waals surface area contributed by atoms with Crippen molar-refractivity contribution in [3.8, 4) is 0 Å². The van der Waals surface area contributed by atoms with Gasteiger partial charge >= 0.3 is 24.3 Å². The number of alkyl halides is 6. The van der Waals surface area contributed by atoms with E-state index in [0.29, 0.717) is 5.92 Å². The first-order valence-corrected chi connectivity index (χ1v) is 12.3. The summed E-state index contributed by atoms with van der Waals surface area (Å²) in [6.07, 6.45) is -1.37. The molecule has 16 heteroatoms. The number of halogens is 6. The molecule has 4 heterocycles. The van der Waals surface area contributed by atoms with Crippen molar-refractivity contribution in [1.82, 2.24) is 19.5 Å². The minimum absolute atomic E-state index is 0.487. The number of nitrogens with zero attached hydrogens (tertiary/aromatic N) is 5. The van der Waals surface area contributed by atoms with Crippen LogP contribution < -0.4 is 4.90 Å². The van der Waals surface area contributed by atoms with Gasteiger partial charge in [-0.25, -0.2) is 19.1 Å². The molecular weight excluding hydrogens is 540 g/mol. The molecule has 0 spiro atoms. The highest BCUT2D eigenvalue weighted by atomic mass is 19.4. The van der Waals surface area contributed by atoms with Gasteiger partial charge in [0.1, 0.15) is 0 Å². The number of aromatic nitrogens is 3. The maximum atomic E-state index is 10.6. The highest BCUT2D eigenvalue weighted by Crippen LogP contribution is 2.32. The number of fused-ring (bicyclic) bond motifs is 1. The Labute approximate surface area is 219 Å². The van der Waals surface area contributed by atoms with Crippen LogP contribution in [0.15, 0.2) is 18.3 Å².